The summed E-state index contributed by atoms with van der Waals surface area (Å²) < 4.78 is 7.02. The lowest BCUT2D eigenvalue weighted by atomic mass is 10.1. The summed E-state index contributed by atoms with van der Waals surface area (Å²) >= 11 is 6.88. The maximum Gasteiger partial charge on any atom is 0.262 e. The van der Waals surface area contributed by atoms with E-state index < -0.39 is 5.91 Å². The Morgan fingerprint density at radius 2 is 1.88 bits per heavy atom. The van der Waals surface area contributed by atoms with Gasteiger partial charge in [0.1, 0.15) is 17.4 Å². The number of hydrogen-bond donors (Lipinski definition) is 1. The molecule has 2 rings (SSSR count). The van der Waals surface area contributed by atoms with E-state index in [0.717, 1.165) is 14.5 Å². The maximum absolute atomic E-state index is 12.2. The van der Waals surface area contributed by atoms with Gasteiger partial charge in [-0.1, -0.05) is 30.3 Å². The second-order valence-electron chi connectivity index (χ2n) is 5.08. The van der Waals surface area contributed by atoms with Crippen molar-refractivity contribution in [3.63, 3.8) is 0 Å². The average Bonchev–Trinajstić information content (AvgIpc) is 2.61. The van der Waals surface area contributed by atoms with Gasteiger partial charge in [-0.3, -0.25) is 4.79 Å². The predicted octanol–water partition coefficient (Wildman–Crippen LogP) is 4.83. The van der Waals surface area contributed by atoms with E-state index in [1.54, 1.807) is 18.2 Å². The Morgan fingerprint density at radius 1 is 1.24 bits per heavy atom. The van der Waals surface area contributed by atoms with Crippen LogP contribution in [0.5, 0.6) is 5.75 Å². The minimum absolute atomic E-state index is 0.0406. The molecule has 0 fully saturated rings. The zero-order valence-corrected chi connectivity index (χ0v) is 16.7. The first-order chi connectivity index (χ1) is 12.0. The van der Waals surface area contributed by atoms with Gasteiger partial charge >= 0.3 is 0 Å². The number of hydrogen-bond acceptors (Lipinski definition) is 3. The number of halogens is 2. The Morgan fingerprint density at radius 3 is 2.44 bits per heavy atom. The van der Waals surface area contributed by atoms with Crippen molar-refractivity contribution in [1.82, 2.24) is 5.32 Å². The molecule has 0 radical (unpaired) electrons. The molecular weight excluding hydrogens is 448 g/mol. The number of carbonyl (C=O) groups is 1. The molecule has 0 aliphatic carbocycles. The molecule has 6 heteroatoms. The van der Waals surface area contributed by atoms with Crippen LogP contribution in [0.15, 0.2) is 57.0 Å². The fraction of sp³-hybridized carbons (Fsp3) is 0.158. The number of benzene rings is 2. The van der Waals surface area contributed by atoms with Gasteiger partial charge in [0, 0.05) is 6.54 Å². The van der Waals surface area contributed by atoms with Gasteiger partial charge in [-0.05, 0) is 68.1 Å². The van der Waals surface area contributed by atoms with Crippen molar-refractivity contribution in [1.29, 1.82) is 5.26 Å². The quantitative estimate of drug-likeness (QED) is 0.492. The first-order valence-corrected chi connectivity index (χ1v) is 9.19. The second-order valence-corrected chi connectivity index (χ2v) is 6.79. The molecule has 2 aromatic rings. The largest absolute Gasteiger partial charge is 0.492 e. The fourth-order valence-electron chi connectivity index (χ4n) is 2.13. The molecule has 0 aliphatic rings. The molecule has 0 unspecified atom stereocenters. The zero-order valence-electron chi connectivity index (χ0n) is 13.6. The fourth-order valence-corrected chi connectivity index (χ4v) is 3.58. The van der Waals surface area contributed by atoms with Gasteiger partial charge in [-0.15, -0.1) is 0 Å². The molecule has 0 aliphatic heterocycles. The van der Waals surface area contributed by atoms with E-state index in [2.05, 4.69) is 37.2 Å². The molecule has 4 nitrogen and oxygen atoms in total. The number of carbonyl (C=O) groups excluding carboxylic acids is 1. The second kappa shape index (κ2) is 9.40. The summed E-state index contributed by atoms with van der Waals surface area (Å²) in [4.78, 5) is 12.2. The van der Waals surface area contributed by atoms with E-state index in [1.165, 1.54) is 0 Å². The highest BCUT2D eigenvalue weighted by atomic mass is 79.9. The third-order valence-electron chi connectivity index (χ3n) is 3.28. The Labute approximate surface area is 163 Å². The van der Waals surface area contributed by atoms with E-state index in [4.69, 9.17) is 4.74 Å². The van der Waals surface area contributed by atoms with Crippen LogP contribution in [0, 0.1) is 11.3 Å². The first-order valence-electron chi connectivity index (χ1n) is 7.61. The summed E-state index contributed by atoms with van der Waals surface area (Å²) in [6.45, 7) is 2.81. The van der Waals surface area contributed by atoms with Crippen molar-refractivity contribution in [3.8, 4) is 11.8 Å². The summed E-state index contributed by atoms with van der Waals surface area (Å²) in [6.07, 6.45) is 1.55. The molecule has 0 saturated heterocycles. The molecule has 0 aromatic heterocycles. The minimum Gasteiger partial charge on any atom is -0.492 e. The molecule has 1 amide bonds. The molecule has 0 heterocycles. The molecular formula is C19H16Br2N2O2. The standard InChI is InChI=1S/C19H16Br2N2O2/c1-2-25-18-16(20)9-14(10-17(18)21)8-15(11-22)19(24)23-12-13-6-4-3-5-7-13/h3-10H,2,12H2,1H3,(H,23,24)/b15-8-. The van der Waals surface area contributed by atoms with Crippen LogP contribution in [-0.4, -0.2) is 12.5 Å². The van der Waals surface area contributed by atoms with Gasteiger partial charge in [0.2, 0.25) is 0 Å². The molecule has 25 heavy (non-hydrogen) atoms. The summed E-state index contributed by atoms with van der Waals surface area (Å²) in [6, 6.07) is 15.1. The van der Waals surface area contributed by atoms with Gasteiger partial charge in [0.25, 0.3) is 5.91 Å². The van der Waals surface area contributed by atoms with E-state index in [9.17, 15) is 10.1 Å². The molecule has 2 aromatic carbocycles. The Balaban J connectivity index is 2.16. The smallest absolute Gasteiger partial charge is 0.262 e. The Hall–Kier alpha value is -2.10. The highest BCUT2D eigenvalue weighted by Crippen LogP contribution is 2.35. The van der Waals surface area contributed by atoms with Crippen LogP contribution in [0.25, 0.3) is 6.08 Å². The third kappa shape index (κ3) is 5.45. The van der Waals surface area contributed by atoms with Gasteiger partial charge < -0.3 is 10.1 Å². The van der Waals surface area contributed by atoms with Crippen molar-refractivity contribution in [2.75, 3.05) is 6.61 Å². The number of nitrogens with zero attached hydrogens (tertiary/aromatic N) is 1. The summed E-state index contributed by atoms with van der Waals surface area (Å²) in [5.41, 5.74) is 1.73. The van der Waals surface area contributed by atoms with Crippen molar-refractivity contribution in [3.05, 3.63) is 68.1 Å². The van der Waals surface area contributed by atoms with E-state index in [0.29, 0.717) is 24.5 Å². The zero-order chi connectivity index (χ0) is 18.2. The van der Waals surface area contributed by atoms with Crippen LogP contribution in [0.4, 0.5) is 0 Å². The van der Waals surface area contributed by atoms with Gasteiger partial charge in [-0.25, -0.2) is 0 Å². The summed E-state index contributed by atoms with van der Waals surface area (Å²) in [7, 11) is 0. The molecule has 1 N–H and O–H groups in total. The van der Waals surface area contributed by atoms with Crippen LogP contribution in [0.3, 0.4) is 0 Å². The molecule has 0 spiro atoms. The summed E-state index contributed by atoms with van der Waals surface area (Å²) in [5, 5.41) is 12.1. The third-order valence-corrected chi connectivity index (χ3v) is 4.46. The lowest BCUT2D eigenvalue weighted by molar-refractivity contribution is -0.117. The molecule has 0 saturated carbocycles. The average molecular weight is 464 g/mol. The number of amides is 1. The summed E-state index contributed by atoms with van der Waals surface area (Å²) in [5.74, 6) is 0.277. The van der Waals surface area contributed by atoms with E-state index in [-0.39, 0.29) is 5.57 Å². The van der Waals surface area contributed by atoms with Crippen molar-refractivity contribution in [2.45, 2.75) is 13.5 Å². The van der Waals surface area contributed by atoms with E-state index in [1.807, 2.05) is 43.3 Å². The lowest BCUT2D eigenvalue weighted by Gasteiger charge is -2.10. The van der Waals surface area contributed by atoms with Gasteiger partial charge in [-0.2, -0.15) is 5.26 Å². The number of nitriles is 1. The highest BCUT2D eigenvalue weighted by molar-refractivity contribution is 9.11. The maximum atomic E-state index is 12.2. The van der Waals surface area contributed by atoms with E-state index >= 15 is 0 Å². The SMILES string of the molecule is CCOc1c(Br)cc(/C=C(/C#N)C(=O)NCc2ccccc2)cc1Br. The van der Waals surface area contributed by atoms with Crippen molar-refractivity contribution in [2.24, 2.45) is 0 Å². The van der Waals surface area contributed by atoms with Gasteiger partial charge in [0.05, 0.1) is 15.6 Å². The minimum atomic E-state index is -0.410. The Bertz CT molecular complexity index is 804. The topological polar surface area (TPSA) is 62.1 Å². The first kappa shape index (κ1) is 19.2. The lowest BCUT2D eigenvalue weighted by Crippen LogP contribution is -2.23. The Kier molecular flexibility index (Phi) is 7.23. The van der Waals surface area contributed by atoms with Gasteiger partial charge in [0.15, 0.2) is 0 Å². The normalized spacial score (nSPS) is 10.9. The molecule has 0 bridgehead atoms. The number of ether oxygens (including phenoxy) is 1. The number of rotatable bonds is 6. The monoisotopic (exact) mass is 462 g/mol. The van der Waals surface area contributed by atoms with Crippen LogP contribution < -0.4 is 10.1 Å². The predicted molar refractivity (Wildman–Crippen MR) is 105 cm³/mol. The highest BCUT2D eigenvalue weighted by Gasteiger charge is 2.12. The van der Waals surface area contributed by atoms with Crippen LogP contribution >= 0.6 is 31.9 Å². The van der Waals surface area contributed by atoms with Crippen LogP contribution in [-0.2, 0) is 11.3 Å². The molecule has 0 atom stereocenters. The number of nitrogens with one attached hydrogen (secondary N) is 1. The van der Waals surface area contributed by atoms with Crippen LogP contribution in [0.1, 0.15) is 18.1 Å². The van der Waals surface area contributed by atoms with Crippen molar-refractivity contribution < 1.29 is 9.53 Å². The van der Waals surface area contributed by atoms with Crippen LogP contribution in [0.2, 0.25) is 0 Å². The van der Waals surface area contributed by atoms with Crippen molar-refractivity contribution >= 4 is 43.8 Å². The molecule has 128 valence electrons.